The molecule has 0 aliphatic heterocycles. The predicted octanol–water partition coefficient (Wildman–Crippen LogP) is 4.24. The Bertz CT molecular complexity index is 682. The molecular weight excluding hydrogens is 286 g/mol. The number of hydrogen-bond acceptors (Lipinski definition) is 2. The number of benzene rings is 2. The number of amides is 1. The maximum Gasteiger partial charge on any atom is 0.258 e. The number of methoxy groups -OCH3 is 1. The largest absolute Gasteiger partial charge is 0.495 e. The zero-order valence-corrected chi connectivity index (χ0v) is 13.4. The summed E-state index contributed by atoms with van der Waals surface area (Å²) in [7, 11) is 3.29. The standard InChI is InChI=1S/C17H18ClNO2/c1-11-6-5-7-14(12(11)2)17(20)19(3)15-10-13(18)8-9-16(15)21-4/h5-10H,1-4H3. The molecule has 1 amide bonds. The van der Waals surface area contributed by atoms with E-state index in [9.17, 15) is 4.79 Å². The lowest BCUT2D eigenvalue weighted by molar-refractivity contribution is 0.0991. The summed E-state index contributed by atoms with van der Waals surface area (Å²) in [4.78, 5) is 14.3. The average Bonchev–Trinajstić information content (AvgIpc) is 2.48. The zero-order valence-electron chi connectivity index (χ0n) is 12.6. The van der Waals surface area contributed by atoms with E-state index in [0.717, 1.165) is 11.1 Å². The highest BCUT2D eigenvalue weighted by molar-refractivity contribution is 6.31. The average molecular weight is 304 g/mol. The van der Waals surface area contributed by atoms with E-state index in [1.807, 2.05) is 32.0 Å². The third-order valence-corrected chi connectivity index (χ3v) is 3.88. The fraction of sp³-hybridized carbons (Fsp3) is 0.235. The number of carbonyl (C=O) groups excluding carboxylic acids is 1. The van der Waals surface area contributed by atoms with Crippen molar-refractivity contribution in [2.75, 3.05) is 19.1 Å². The first-order chi connectivity index (χ1) is 9.95. The highest BCUT2D eigenvalue weighted by Gasteiger charge is 2.19. The van der Waals surface area contributed by atoms with Gasteiger partial charge in [0, 0.05) is 17.6 Å². The highest BCUT2D eigenvalue weighted by Crippen LogP contribution is 2.31. The number of ether oxygens (including phenoxy) is 1. The van der Waals surface area contributed by atoms with E-state index in [0.29, 0.717) is 22.0 Å². The molecule has 0 saturated heterocycles. The molecule has 0 spiro atoms. The lowest BCUT2D eigenvalue weighted by Gasteiger charge is -2.21. The smallest absolute Gasteiger partial charge is 0.258 e. The van der Waals surface area contributed by atoms with Crippen LogP contribution in [0.3, 0.4) is 0 Å². The molecule has 3 nitrogen and oxygen atoms in total. The van der Waals surface area contributed by atoms with Crippen molar-refractivity contribution in [3.05, 3.63) is 58.1 Å². The minimum atomic E-state index is -0.0863. The van der Waals surface area contributed by atoms with Gasteiger partial charge in [0.15, 0.2) is 0 Å². The van der Waals surface area contributed by atoms with Gasteiger partial charge in [-0.1, -0.05) is 23.7 Å². The van der Waals surface area contributed by atoms with E-state index in [-0.39, 0.29) is 5.91 Å². The van der Waals surface area contributed by atoms with Crippen LogP contribution in [0.25, 0.3) is 0 Å². The third kappa shape index (κ3) is 3.03. The summed E-state index contributed by atoms with van der Waals surface area (Å²) in [6.07, 6.45) is 0. The van der Waals surface area contributed by atoms with Crippen molar-refractivity contribution in [1.82, 2.24) is 0 Å². The van der Waals surface area contributed by atoms with Crippen LogP contribution >= 0.6 is 11.6 Å². The third-order valence-electron chi connectivity index (χ3n) is 3.64. The van der Waals surface area contributed by atoms with Gasteiger partial charge in [-0.05, 0) is 49.2 Å². The van der Waals surface area contributed by atoms with Gasteiger partial charge in [-0.15, -0.1) is 0 Å². The van der Waals surface area contributed by atoms with E-state index < -0.39 is 0 Å². The van der Waals surface area contributed by atoms with Crippen molar-refractivity contribution in [1.29, 1.82) is 0 Å². The maximum absolute atomic E-state index is 12.7. The van der Waals surface area contributed by atoms with Crippen LogP contribution in [0.4, 0.5) is 5.69 Å². The van der Waals surface area contributed by atoms with Crippen molar-refractivity contribution < 1.29 is 9.53 Å². The van der Waals surface area contributed by atoms with Crippen LogP contribution in [0.15, 0.2) is 36.4 Å². The molecule has 0 heterocycles. The van der Waals surface area contributed by atoms with Crippen LogP contribution in [0, 0.1) is 13.8 Å². The number of anilines is 1. The Hall–Kier alpha value is -2.00. The summed E-state index contributed by atoms with van der Waals surface area (Å²) >= 11 is 6.03. The molecule has 0 aliphatic rings. The second-order valence-corrected chi connectivity index (χ2v) is 5.36. The fourth-order valence-electron chi connectivity index (χ4n) is 2.20. The molecule has 0 radical (unpaired) electrons. The van der Waals surface area contributed by atoms with E-state index in [2.05, 4.69) is 0 Å². The summed E-state index contributed by atoms with van der Waals surface area (Å²) < 4.78 is 5.31. The first-order valence-electron chi connectivity index (χ1n) is 6.63. The van der Waals surface area contributed by atoms with Gasteiger partial charge >= 0.3 is 0 Å². The molecule has 0 bridgehead atoms. The number of carbonyl (C=O) groups is 1. The summed E-state index contributed by atoms with van der Waals surface area (Å²) in [5.41, 5.74) is 3.40. The van der Waals surface area contributed by atoms with Crippen molar-refractivity contribution in [2.24, 2.45) is 0 Å². The van der Waals surface area contributed by atoms with Gasteiger partial charge < -0.3 is 9.64 Å². The zero-order chi connectivity index (χ0) is 15.6. The molecule has 0 aliphatic carbocycles. The van der Waals surface area contributed by atoms with Gasteiger partial charge in [-0.25, -0.2) is 0 Å². The van der Waals surface area contributed by atoms with E-state index >= 15 is 0 Å². The molecule has 2 aromatic carbocycles. The molecule has 4 heteroatoms. The molecule has 2 rings (SSSR count). The SMILES string of the molecule is COc1ccc(Cl)cc1N(C)C(=O)c1cccc(C)c1C. The van der Waals surface area contributed by atoms with Crippen LogP contribution in [-0.2, 0) is 0 Å². The van der Waals surface area contributed by atoms with Crippen LogP contribution in [-0.4, -0.2) is 20.1 Å². The minimum absolute atomic E-state index is 0.0863. The Morgan fingerprint density at radius 1 is 1.19 bits per heavy atom. The molecule has 2 aromatic rings. The molecule has 0 aromatic heterocycles. The molecular formula is C17H18ClNO2. The van der Waals surface area contributed by atoms with Crippen LogP contribution in [0.5, 0.6) is 5.75 Å². The Morgan fingerprint density at radius 2 is 1.90 bits per heavy atom. The molecule has 0 unspecified atom stereocenters. The lowest BCUT2D eigenvalue weighted by Crippen LogP contribution is -2.27. The Balaban J connectivity index is 2.44. The van der Waals surface area contributed by atoms with E-state index in [1.165, 1.54) is 0 Å². The summed E-state index contributed by atoms with van der Waals surface area (Å²) in [5.74, 6) is 0.525. The fourth-order valence-corrected chi connectivity index (χ4v) is 2.36. The van der Waals surface area contributed by atoms with Crippen LogP contribution in [0.2, 0.25) is 5.02 Å². The van der Waals surface area contributed by atoms with Crippen molar-refractivity contribution in [2.45, 2.75) is 13.8 Å². The topological polar surface area (TPSA) is 29.5 Å². The van der Waals surface area contributed by atoms with Crippen molar-refractivity contribution in [3.8, 4) is 5.75 Å². The van der Waals surface area contributed by atoms with Gasteiger partial charge in [0.2, 0.25) is 0 Å². The quantitative estimate of drug-likeness (QED) is 0.848. The summed E-state index contributed by atoms with van der Waals surface area (Å²) in [6.45, 7) is 3.94. The number of aryl methyl sites for hydroxylation is 1. The molecule has 0 N–H and O–H groups in total. The molecule has 21 heavy (non-hydrogen) atoms. The maximum atomic E-state index is 12.7. The van der Waals surface area contributed by atoms with E-state index in [4.69, 9.17) is 16.3 Å². The first-order valence-corrected chi connectivity index (χ1v) is 7.01. The Labute approximate surface area is 130 Å². The molecule has 0 saturated carbocycles. The number of nitrogens with zero attached hydrogens (tertiary/aromatic N) is 1. The molecule has 0 atom stereocenters. The summed E-state index contributed by atoms with van der Waals surface area (Å²) in [5, 5.41) is 0.561. The van der Waals surface area contributed by atoms with Crippen molar-refractivity contribution >= 4 is 23.2 Å². The second kappa shape index (κ2) is 6.19. The van der Waals surface area contributed by atoms with Crippen molar-refractivity contribution in [3.63, 3.8) is 0 Å². The molecule has 0 fully saturated rings. The van der Waals surface area contributed by atoms with Gasteiger partial charge in [0.1, 0.15) is 5.75 Å². The van der Waals surface area contributed by atoms with Crippen LogP contribution < -0.4 is 9.64 Å². The number of halogens is 1. The predicted molar refractivity (Wildman–Crippen MR) is 86.7 cm³/mol. The van der Waals surface area contributed by atoms with Gasteiger partial charge in [0.05, 0.1) is 12.8 Å². The Kier molecular flexibility index (Phi) is 4.53. The second-order valence-electron chi connectivity index (χ2n) is 4.93. The van der Waals surface area contributed by atoms with Gasteiger partial charge in [0.25, 0.3) is 5.91 Å². The monoisotopic (exact) mass is 303 g/mol. The lowest BCUT2D eigenvalue weighted by atomic mass is 10.0. The van der Waals surface area contributed by atoms with Crippen LogP contribution in [0.1, 0.15) is 21.5 Å². The molecule has 110 valence electrons. The minimum Gasteiger partial charge on any atom is -0.495 e. The first kappa shape index (κ1) is 15.4. The number of rotatable bonds is 3. The summed E-state index contributed by atoms with van der Waals surface area (Å²) in [6, 6.07) is 10.9. The normalized spacial score (nSPS) is 10.3. The number of hydrogen-bond donors (Lipinski definition) is 0. The van der Waals surface area contributed by atoms with Gasteiger partial charge in [-0.3, -0.25) is 4.79 Å². The highest BCUT2D eigenvalue weighted by atomic mass is 35.5. The van der Waals surface area contributed by atoms with E-state index in [1.54, 1.807) is 37.3 Å². The van der Waals surface area contributed by atoms with Gasteiger partial charge in [-0.2, -0.15) is 0 Å². The Morgan fingerprint density at radius 3 is 2.57 bits per heavy atom.